The molecule has 2 aromatic rings. The number of hydrogen-bond acceptors (Lipinski definition) is 6. The number of rotatable bonds is 3. The summed E-state index contributed by atoms with van der Waals surface area (Å²) in [5, 5.41) is 41.9. The van der Waals surface area contributed by atoms with E-state index in [0.717, 1.165) is 18.3 Å². The monoisotopic (exact) mass is 400 g/mol. The summed E-state index contributed by atoms with van der Waals surface area (Å²) in [6, 6.07) is 4.64. The van der Waals surface area contributed by atoms with Gasteiger partial charge in [-0.25, -0.2) is 5.43 Å². The van der Waals surface area contributed by atoms with Crippen molar-refractivity contribution in [3.8, 4) is 23.0 Å². The second-order valence-corrected chi connectivity index (χ2v) is 5.67. The Bertz CT molecular complexity index is 810. The predicted octanol–water partition coefficient (Wildman–Crippen LogP) is 2.69. The summed E-state index contributed by atoms with van der Waals surface area (Å²) in [6.07, 6.45) is 1.15. The van der Waals surface area contributed by atoms with E-state index >= 15 is 0 Å². The van der Waals surface area contributed by atoms with Gasteiger partial charge in [-0.05, 0) is 28.1 Å². The van der Waals surface area contributed by atoms with Crippen molar-refractivity contribution >= 4 is 39.7 Å². The molecule has 0 fully saturated rings. The van der Waals surface area contributed by atoms with Crippen molar-refractivity contribution in [2.45, 2.75) is 0 Å². The quantitative estimate of drug-likeness (QED) is 0.234. The van der Waals surface area contributed by atoms with Crippen LogP contribution in [-0.2, 0) is 0 Å². The molecule has 2 aromatic carbocycles. The van der Waals surface area contributed by atoms with E-state index in [2.05, 4.69) is 26.5 Å². The predicted molar refractivity (Wildman–Crippen MR) is 87.3 cm³/mol. The summed E-state index contributed by atoms with van der Waals surface area (Å²) in [4.78, 5) is 11.9. The zero-order valence-corrected chi connectivity index (χ0v) is 13.6. The number of hydrazone groups is 1. The molecule has 0 spiro atoms. The minimum absolute atomic E-state index is 0.113. The molecule has 1 amide bonds. The van der Waals surface area contributed by atoms with Crippen LogP contribution in [0.2, 0.25) is 5.02 Å². The van der Waals surface area contributed by atoms with Crippen molar-refractivity contribution in [3.05, 3.63) is 44.9 Å². The van der Waals surface area contributed by atoms with Gasteiger partial charge < -0.3 is 20.4 Å². The maximum Gasteiger partial charge on any atom is 0.275 e. The molecule has 23 heavy (non-hydrogen) atoms. The fourth-order valence-electron chi connectivity index (χ4n) is 1.65. The molecule has 7 nitrogen and oxygen atoms in total. The number of phenolic OH excluding ortho intramolecular Hbond substituents is 4. The molecule has 2 rings (SSSR count). The number of benzene rings is 2. The van der Waals surface area contributed by atoms with Gasteiger partial charge in [-0.2, -0.15) is 5.10 Å². The van der Waals surface area contributed by atoms with Gasteiger partial charge >= 0.3 is 0 Å². The summed E-state index contributed by atoms with van der Waals surface area (Å²) in [5.41, 5.74) is 2.08. The highest BCUT2D eigenvalue weighted by Gasteiger charge is 2.14. The lowest BCUT2D eigenvalue weighted by atomic mass is 10.1. The topological polar surface area (TPSA) is 122 Å². The van der Waals surface area contributed by atoms with Crippen LogP contribution in [0.15, 0.2) is 33.8 Å². The average Bonchev–Trinajstić information content (AvgIpc) is 2.47. The highest BCUT2D eigenvalue weighted by atomic mass is 79.9. The molecule has 0 aliphatic heterocycles. The smallest absolute Gasteiger partial charge is 0.275 e. The molecular formula is C14H10BrClN2O5. The third kappa shape index (κ3) is 3.85. The molecule has 0 saturated carbocycles. The van der Waals surface area contributed by atoms with Gasteiger partial charge in [0.2, 0.25) is 0 Å². The van der Waals surface area contributed by atoms with Crippen molar-refractivity contribution in [2.75, 3.05) is 0 Å². The zero-order chi connectivity index (χ0) is 17.1. The molecule has 0 heterocycles. The van der Waals surface area contributed by atoms with Crippen LogP contribution in [-0.4, -0.2) is 32.5 Å². The van der Waals surface area contributed by atoms with E-state index in [1.807, 2.05) is 0 Å². The number of hydrogen-bond donors (Lipinski definition) is 5. The molecule has 120 valence electrons. The summed E-state index contributed by atoms with van der Waals surface area (Å²) in [7, 11) is 0. The van der Waals surface area contributed by atoms with Crippen LogP contribution in [0, 0.1) is 0 Å². The highest BCUT2D eigenvalue weighted by molar-refractivity contribution is 9.10. The Kier molecular flexibility index (Phi) is 4.97. The first-order valence-corrected chi connectivity index (χ1v) is 7.23. The molecule has 0 atom stereocenters. The third-order valence-electron chi connectivity index (χ3n) is 2.76. The van der Waals surface area contributed by atoms with E-state index in [0.29, 0.717) is 9.50 Å². The van der Waals surface area contributed by atoms with Crippen molar-refractivity contribution in [3.63, 3.8) is 0 Å². The molecule has 5 N–H and O–H groups in total. The molecule has 0 aliphatic carbocycles. The second-order valence-electron chi connectivity index (χ2n) is 4.38. The fraction of sp³-hybridized carbons (Fsp3) is 0. The largest absolute Gasteiger partial charge is 0.507 e. The average molecular weight is 402 g/mol. The van der Waals surface area contributed by atoms with Gasteiger partial charge in [0.1, 0.15) is 11.5 Å². The number of phenols is 4. The second kappa shape index (κ2) is 6.76. The minimum atomic E-state index is -0.824. The number of nitrogens with zero attached hydrogens (tertiary/aromatic N) is 1. The zero-order valence-electron chi connectivity index (χ0n) is 11.3. The van der Waals surface area contributed by atoms with Crippen molar-refractivity contribution < 1.29 is 25.2 Å². The highest BCUT2D eigenvalue weighted by Crippen LogP contribution is 2.32. The lowest BCUT2D eigenvalue weighted by Crippen LogP contribution is -2.17. The van der Waals surface area contributed by atoms with Crippen LogP contribution >= 0.6 is 27.5 Å². The van der Waals surface area contributed by atoms with Crippen LogP contribution in [0.4, 0.5) is 0 Å². The SMILES string of the molecule is O=C(N/N=C/c1cc(Cl)cc(Br)c1O)c1cc(O)c(O)cc1O. The molecule has 0 unspecified atom stereocenters. The molecule has 0 saturated heterocycles. The van der Waals surface area contributed by atoms with E-state index < -0.39 is 23.2 Å². The molecule has 0 aliphatic rings. The molecule has 0 radical (unpaired) electrons. The molecule has 0 bridgehead atoms. The fourth-order valence-corrected chi connectivity index (χ4v) is 2.49. The molecule has 0 aromatic heterocycles. The number of carbonyl (C=O) groups excluding carboxylic acids is 1. The van der Waals surface area contributed by atoms with Crippen LogP contribution in [0.1, 0.15) is 15.9 Å². The first-order valence-electron chi connectivity index (χ1n) is 6.06. The summed E-state index contributed by atoms with van der Waals surface area (Å²) in [6.45, 7) is 0. The summed E-state index contributed by atoms with van der Waals surface area (Å²) in [5.74, 6) is -2.59. The lowest BCUT2D eigenvalue weighted by Gasteiger charge is -2.06. The standard InChI is InChI=1S/C14H10BrClN2O5/c15-9-2-7(16)1-6(13(9)22)5-17-18-14(23)8-3-11(20)12(21)4-10(8)19/h1-5,19-22H,(H,18,23)/b17-5+. The van der Waals surface area contributed by atoms with Crippen LogP contribution in [0.5, 0.6) is 23.0 Å². The summed E-state index contributed by atoms with van der Waals surface area (Å²) < 4.78 is 0.360. The van der Waals surface area contributed by atoms with Crippen molar-refractivity contribution in [1.29, 1.82) is 0 Å². The van der Waals surface area contributed by atoms with Gasteiger partial charge in [-0.3, -0.25) is 4.79 Å². The Balaban J connectivity index is 2.18. The van der Waals surface area contributed by atoms with Crippen molar-refractivity contribution in [2.24, 2.45) is 5.10 Å². The Morgan fingerprint density at radius 2 is 1.74 bits per heavy atom. The maximum atomic E-state index is 11.9. The van der Waals surface area contributed by atoms with E-state index in [9.17, 15) is 25.2 Å². The summed E-state index contributed by atoms with van der Waals surface area (Å²) >= 11 is 8.95. The van der Waals surface area contributed by atoms with Crippen LogP contribution in [0.3, 0.4) is 0 Å². The van der Waals surface area contributed by atoms with Gasteiger partial charge in [0.05, 0.1) is 16.3 Å². The van der Waals surface area contributed by atoms with Gasteiger partial charge in [0.25, 0.3) is 5.91 Å². The Morgan fingerprint density at radius 1 is 1.09 bits per heavy atom. The van der Waals surface area contributed by atoms with Gasteiger partial charge in [-0.15, -0.1) is 0 Å². The first kappa shape index (κ1) is 16.9. The molecule has 9 heteroatoms. The minimum Gasteiger partial charge on any atom is -0.507 e. The van der Waals surface area contributed by atoms with E-state index in [1.54, 1.807) is 0 Å². The normalized spacial score (nSPS) is 10.9. The van der Waals surface area contributed by atoms with Gasteiger partial charge in [0, 0.05) is 22.7 Å². The number of amides is 1. The van der Waals surface area contributed by atoms with Crippen LogP contribution < -0.4 is 5.43 Å². The van der Waals surface area contributed by atoms with Gasteiger partial charge in [0.15, 0.2) is 11.5 Å². The number of aromatic hydroxyl groups is 4. The Hall–Kier alpha value is -2.45. The van der Waals surface area contributed by atoms with Crippen LogP contribution in [0.25, 0.3) is 0 Å². The molecular weight excluding hydrogens is 392 g/mol. The number of nitrogens with one attached hydrogen (secondary N) is 1. The maximum absolute atomic E-state index is 11.9. The Labute approximate surface area is 143 Å². The Morgan fingerprint density at radius 3 is 2.43 bits per heavy atom. The number of halogens is 2. The van der Waals surface area contributed by atoms with Crippen molar-refractivity contribution in [1.82, 2.24) is 5.43 Å². The van der Waals surface area contributed by atoms with E-state index in [-0.39, 0.29) is 16.9 Å². The van der Waals surface area contributed by atoms with E-state index in [1.165, 1.54) is 12.1 Å². The number of carbonyl (C=O) groups is 1. The van der Waals surface area contributed by atoms with E-state index in [4.69, 9.17) is 11.6 Å². The van der Waals surface area contributed by atoms with Gasteiger partial charge in [-0.1, -0.05) is 11.6 Å². The first-order chi connectivity index (χ1) is 10.8. The lowest BCUT2D eigenvalue weighted by molar-refractivity contribution is 0.0952. The third-order valence-corrected chi connectivity index (χ3v) is 3.59.